The highest BCUT2D eigenvalue weighted by Gasteiger charge is 2.37. The summed E-state index contributed by atoms with van der Waals surface area (Å²) in [5.74, 6) is 0.218. The summed E-state index contributed by atoms with van der Waals surface area (Å²) >= 11 is 7.23. The smallest absolute Gasteiger partial charge is 0.263 e. The van der Waals surface area contributed by atoms with Crippen molar-refractivity contribution in [3.8, 4) is 0 Å². The minimum atomic E-state index is -3.54. The van der Waals surface area contributed by atoms with Gasteiger partial charge in [-0.2, -0.15) is 0 Å². The number of alkyl halides is 1. The Morgan fingerprint density at radius 3 is 2.85 bits per heavy atom. The van der Waals surface area contributed by atoms with Crippen LogP contribution in [-0.2, 0) is 22.3 Å². The summed E-state index contributed by atoms with van der Waals surface area (Å²) in [4.78, 5) is 1.03. The molecule has 0 bridgehead atoms. The van der Waals surface area contributed by atoms with Crippen molar-refractivity contribution in [1.82, 2.24) is 0 Å². The van der Waals surface area contributed by atoms with E-state index in [2.05, 4.69) is 0 Å². The molecule has 0 aliphatic carbocycles. The van der Waals surface area contributed by atoms with Gasteiger partial charge in [-0.1, -0.05) is 18.2 Å². The molecule has 0 saturated heterocycles. The molecule has 0 fully saturated rings. The summed E-state index contributed by atoms with van der Waals surface area (Å²) in [6.45, 7) is 1.93. The van der Waals surface area contributed by atoms with Gasteiger partial charge in [-0.3, -0.25) is 4.31 Å². The first kappa shape index (κ1) is 13.9. The Bertz CT molecular complexity index is 739. The minimum absolute atomic E-state index is 0.0690. The molecule has 0 saturated carbocycles. The lowest BCUT2D eigenvalue weighted by Gasteiger charge is -2.24. The molecular weight excluding hydrogens is 314 g/mol. The summed E-state index contributed by atoms with van der Waals surface area (Å²) in [5.41, 5.74) is 1.86. The molecule has 0 spiro atoms. The van der Waals surface area contributed by atoms with Crippen LogP contribution in [-0.4, -0.2) is 14.5 Å². The SMILES string of the molecule is CC1Cc2ccccc2N1S(=O)(=O)c1ccsc1CCl. The van der Waals surface area contributed by atoms with Gasteiger partial charge in [0.05, 0.1) is 11.6 Å². The third kappa shape index (κ3) is 2.05. The number of rotatable bonds is 3. The van der Waals surface area contributed by atoms with Gasteiger partial charge in [-0.25, -0.2) is 8.42 Å². The van der Waals surface area contributed by atoms with Crippen LogP contribution in [0.5, 0.6) is 0 Å². The average Bonchev–Trinajstić information content (AvgIpc) is 3.01. The van der Waals surface area contributed by atoms with E-state index in [0.29, 0.717) is 9.77 Å². The van der Waals surface area contributed by atoms with Crippen molar-refractivity contribution in [2.24, 2.45) is 0 Å². The zero-order valence-corrected chi connectivity index (χ0v) is 13.3. The molecule has 2 heterocycles. The van der Waals surface area contributed by atoms with E-state index >= 15 is 0 Å². The molecule has 0 radical (unpaired) electrons. The van der Waals surface area contributed by atoms with Gasteiger partial charge >= 0.3 is 0 Å². The number of halogens is 1. The molecule has 6 heteroatoms. The molecule has 2 aromatic rings. The maximum absolute atomic E-state index is 12.9. The minimum Gasteiger partial charge on any atom is -0.263 e. The first-order valence-corrected chi connectivity index (χ1v) is 9.16. The highest BCUT2D eigenvalue weighted by Crippen LogP contribution is 2.38. The molecule has 1 atom stereocenters. The van der Waals surface area contributed by atoms with Crippen LogP contribution in [0.25, 0.3) is 0 Å². The van der Waals surface area contributed by atoms with Crippen LogP contribution in [0.3, 0.4) is 0 Å². The van der Waals surface area contributed by atoms with Crippen LogP contribution in [0.4, 0.5) is 5.69 Å². The number of benzene rings is 1. The van der Waals surface area contributed by atoms with E-state index < -0.39 is 10.0 Å². The van der Waals surface area contributed by atoms with Gasteiger partial charge in [0.25, 0.3) is 10.0 Å². The largest absolute Gasteiger partial charge is 0.265 e. The van der Waals surface area contributed by atoms with E-state index in [9.17, 15) is 8.42 Å². The highest BCUT2D eigenvalue weighted by molar-refractivity contribution is 7.93. The number of hydrogen-bond acceptors (Lipinski definition) is 3. The third-order valence-electron chi connectivity index (χ3n) is 3.51. The fraction of sp³-hybridized carbons (Fsp3) is 0.286. The van der Waals surface area contributed by atoms with Crippen molar-refractivity contribution in [2.75, 3.05) is 4.31 Å². The molecule has 1 aromatic carbocycles. The van der Waals surface area contributed by atoms with Crippen LogP contribution in [0.2, 0.25) is 0 Å². The molecule has 1 aromatic heterocycles. The van der Waals surface area contributed by atoms with Gasteiger partial charge in [0, 0.05) is 10.9 Å². The molecule has 1 aliphatic rings. The van der Waals surface area contributed by atoms with E-state index in [1.807, 2.05) is 31.2 Å². The molecular formula is C14H14ClNO2S2. The summed E-state index contributed by atoms with van der Waals surface area (Å²) in [6, 6.07) is 9.23. The standard InChI is InChI=1S/C14H14ClNO2S2/c1-10-8-11-4-2-3-5-12(11)16(10)20(17,18)14-6-7-19-13(14)9-15/h2-7,10H,8-9H2,1H3. The van der Waals surface area contributed by atoms with Gasteiger partial charge in [0.15, 0.2) is 0 Å². The molecule has 0 N–H and O–H groups in total. The average molecular weight is 328 g/mol. The lowest BCUT2D eigenvalue weighted by Crippen LogP contribution is -2.35. The molecule has 1 aliphatic heterocycles. The van der Waals surface area contributed by atoms with Crippen molar-refractivity contribution in [3.05, 3.63) is 46.2 Å². The predicted octanol–water partition coefficient (Wildman–Crippen LogP) is 3.63. The fourth-order valence-electron chi connectivity index (χ4n) is 2.67. The van der Waals surface area contributed by atoms with Crippen LogP contribution in [0.1, 0.15) is 17.4 Å². The lowest BCUT2D eigenvalue weighted by atomic mass is 10.1. The number of para-hydroxylation sites is 1. The lowest BCUT2D eigenvalue weighted by molar-refractivity contribution is 0.584. The second-order valence-electron chi connectivity index (χ2n) is 4.82. The number of fused-ring (bicyclic) bond motifs is 1. The number of hydrogen-bond donors (Lipinski definition) is 0. The zero-order chi connectivity index (χ0) is 14.3. The van der Waals surface area contributed by atoms with Gasteiger partial charge < -0.3 is 0 Å². The number of sulfonamides is 1. The second kappa shape index (κ2) is 5.06. The van der Waals surface area contributed by atoms with Crippen molar-refractivity contribution in [2.45, 2.75) is 30.2 Å². The van der Waals surface area contributed by atoms with Crippen molar-refractivity contribution < 1.29 is 8.42 Å². The quantitative estimate of drug-likeness (QED) is 0.807. The van der Waals surface area contributed by atoms with Gasteiger partial charge in [-0.15, -0.1) is 22.9 Å². The summed E-state index contributed by atoms with van der Waals surface area (Å²) < 4.78 is 27.4. The Kier molecular flexibility index (Phi) is 3.52. The maximum Gasteiger partial charge on any atom is 0.265 e. The highest BCUT2D eigenvalue weighted by atomic mass is 35.5. The Balaban J connectivity index is 2.13. The van der Waals surface area contributed by atoms with Crippen LogP contribution in [0, 0.1) is 0 Å². The second-order valence-corrected chi connectivity index (χ2v) is 7.88. The summed E-state index contributed by atoms with van der Waals surface area (Å²) in [5, 5.41) is 1.78. The third-order valence-corrected chi connectivity index (χ3v) is 7.00. The fourth-order valence-corrected chi connectivity index (χ4v) is 6.04. The molecule has 20 heavy (non-hydrogen) atoms. The Morgan fingerprint density at radius 1 is 1.35 bits per heavy atom. The van der Waals surface area contributed by atoms with Crippen molar-refractivity contribution in [1.29, 1.82) is 0 Å². The van der Waals surface area contributed by atoms with E-state index in [4.69, 9.17) is 11.6 Å². The predicted molar refractivity (Wildman–Crippen MR) is 83.1 cm³/mol. The van der Waals surface area contributed by atoms with Gasteiger partial charge in [0.1, 0.15) is 4.90 Å². The van der Waals surface area contributed by atoms with Crippen LogP contribution in [0.15, 0.2) is 40.6 Å². The van der Waals surface area contributed by atoms with Gasteiger partial charge in [-0.05, 0) is 36.4 Å². The zero-order valence-electron chi connectivity index (χ0n) is 10.9. The topological polar surface area (TPSA) is 37.4 Å². The Hall–Kier alpha value is -1.04. The normalized spacial score (nSPS) is 18.3. The first-order valence-electron chi connectivity index (χ1n) is 6.30. The number of nitrogens with zero attached hydrogens (tertiary/aromatic N) is 1. The molecule has 0 amide bonds. The van der Waals surface area contributed by atoms with Gasteiger partial charge in [0.2, 0.25) is 0 Å². The summed E-state index contributed by atoms with van der Waals surface area (Å²) in [6.07, 6.45) is 0.746. The molecule has 106 valence electrons. The first-order chi connectivity index (χ1) is 9.55. The van der Waals surface area contributed by atoms with E-state index in [0.717, 1.165) is 17.7 Å². The number of anilines is 1. The van der Waals surface area contributed by atoms with E-state index in [1.165, 1.54) is 15.6 Å². The monoisotopic (exact) mass is 327 g/mol. The molecule has 1 unspecified atom stereocenters. The van der Waals surface area contributed by atoms with Crippen molar-refractivity contribution in [3.63, 3.8) is 0 Å². The number of thiophene rings is 1. The Labute approximate surface area is 127 Å². The van der Waals surface area contributed by atoms with E-state index in [-0.39, 0.29) is 11.9 Å². The van der Waals surface area contributed by atoms with E-state index in [1.54, 1.807) is 11.4 Å². The Morgan fingerprint density at radius 2 is 2.10 bits per heavy atom. The van der Waals surface area contributed by atoms with Crippen molar-refractivity contribution >= 4 is 38.6 Å². The van der Waals surface area contributed by atoms with Crippen LogP contribution >= 0.6 is 22.9 Å². The molecule has 3 rings (SSSR count). The van der Waals surface area contributed by atoms with Crippen LogP contribution < -0.4 is 4.31 Å². The molecule has 3 nitrogen and oxygen atoms in total. The summed E-state index contributed by atoms with van der Waals surface area (Å²) in [7, 11) is -3.54. The maximum atomic E-state index is 12.9.